The van der Waals surface area contributed by atoms with E-state index >= 15 is 0 Å². The number of benzene rings is 1. The topological polar surface area (TPSA) is 75.0 Å². The number of nitriles is 1. The molecule has 0 aliphatic heterocycles. The second kappa shape index (κ2) is 8.27. The predicted octanol–water partition coefficient (Wildman–Crippen LogP) is 3.64. The lowest BCUT2D eigenvalue weighted by atomic mass is 10.1. The monoisotopic (exact) mass is 385 g/mol. The lowest BCUT2D eigenvalue weighted by molar-refractivity contribution is -0.117. The van der Waals surface area contributed by atoms with Crippen molar-refractivity contribution in [3.05, 3.63) is 63.9 Å². The quantitative estimate of drug-likeness (QED) is 0.484. The van der Waals surface area contributed by atoms with Crippen LogP contribution in [0.5, 0.6) is 5.75 Å². The molecule has 1 heterocycles. The van der Waals surface area contributed by atoms with Crippen molar-refractivity contribution < 1.29 is 9.53 Å². The largest absolute Gasteiger partial charge is 0.497 e. The molecule has 0 bridgehead atoms. The molecular weight excluding hydrogens is 370 g/mol. The van der Waals surface area contributed by atoms with Gasteiger partial charge in [-0.05, 0) is 58.8 Å². The number of pyridine rings is 1. The van der Waals surface area contributed by atoms with E-state index in [-0.39, 0.29) is 11.6 Å². The van der Waals surface area contributed by atoms with Crippen LogP contribution in [-0.2, 0) is 4.79 Å². The first-order chi connectivity index (χ1) is 11.5. The molecule has 1 atom stereocenters. The SMILES string of the molecule is COc1ccc(C(C)NC(=O)/C(C#N)=C/c2cccc(Br)n2)cc1. The minimum absolute atomic E-state index is 0.000890. The van der Waals surface area contributed by atoms with Crippen molar-refractivity contribution in [2.24, 2.45) is 0 Å². The van der Waals surface area contributed by atoms with E-state index < -0.39 is 5.91 Å². The maximum Gasteiger partial charge on any atom is 0.262 e. The Morgan fingerprint density at radius 2 is 2.04 bits per heavy atom. The number of carbonyl (C=O) groups is 1. The highest BCUT2D eigenvalue weighted by atomic mass is 79.9. The van der Waals surface area contributed by atoms with Crippen molar-refractivity contribution in [1.82, 2.24) is 10.3 Å². The lowest BCUT2D eigenvalue weighted by Gasteiger charge is -2.14. The molecule has 122 valence electrons. The zero-order valence-corrected chi connectivity index (χ0v) is 14.9. The molecule has 0 aliphatic carbocycles. The van der Waals surface area contributed by atoms with Gasteiger partial charge in [0.25, 0.3) is 5.91 Å². The third-order valence-corrected chi connectivity index (χ3v) is 3.80. The van der Waals surface area contributed by atoms with Crippen molar-refractivity contribution in [2.45, 2.75) is 13.0 Å². The summed E-state index contributed by atoms with van der Waals surface area (Å²) in [4.78, 5) is 16.5. The Hall–Kier alpha value is -2.65. The Morgan fingerprint density at radius 1 is 1.33 bits per heavy atom. The van der Waals surface area contributed by atoms with Crippen LogP contribution in [0.25, 0.3) is 6.08 Å². The first-order valence-electron chi connectivity index (χ1n) is 7.22. The zero-order chi connectivity index (χ0) is 17.5. The molecule has 0 saturated heterocycles. The molecule has 1 amide bonds. The molecule has 2 aromatic rings. The van der Waals surface area contributed by atoms with Gasteiger partial charge in [0, 0.05) is 0 Å². The first-order valence-corrected chi connectivity index (χ1v) is 8.02. The van der Waals surface area contributed by atoms with Crippen molar-refractivity contribution in [3.63, 3.8) is 0 Å². The summed E-state index contributed by atoms with van der Waals surface area (Å²) in [6.07, 6.45) is 1.46. The van der Waals surface area contributed by atoms with Crippen molar-refractivity contribution in [3.8, 4) is 11.8 Å². The number of halogens is 1. The van der Waals surface area contributed by atoms with E-state index in [9.17, 15) is 10.1 Å². The van der Waals surface area contributed by atoms with Crippen molar-refractivity contribution in [2.75, 3.05) is 7.11 Å². The molecule has 0 saturated carbocycles. The first kappa shape index (κ1) is 17.7. The lowest BCUT2D eigenvalue weighted by Crippen LogP contribution is -2.27. The summed E-state index contributed by atoms with van der Waals surface area (Å²) in [6.45, 7) is 1.85. The third kappa shape index (κ3) is 4.67. The second-order valence-electron chi connectivity index (χ2n) is 5.02. The molecule has 1 aromatic carbocycles. The van der Waals surface area contributed by atoms with Gasteiger partial charge in [-0.3, -0.25) is 4.79 Å². The van der Waals surface area contributed by atoms with Gasteiger partial charge < -0.3 is 10.1 Å². The minimum atomic E-state index is -0.442. The average Bonchev–Trinajstić information content (AvgIpc) is 2.59. The summed E-state index contributed by atoms with van der Waals surface area (Å²) in [5.74, 6) is 0.304. The van der Waals surface area contributed by atoms with Crippen LogP contribution >= 0.6 is 15.9 Å². The van der Waals surface area contributed by atoms with Gasteiger partial charge in [-0.25, -0.2) is 4.98 Å². The molecule has 1 aromatic heterocycles. The molecule has 1 unspecified atom stereocenters. The number of methoxy groups -OCH3 is 1. The molecule has 1 N–H and O–H groups in total. The van der Waals surface area contributed by atoms with Gasteiger partial charge in [-0.1, -0.05) is 18.2 Å². The van der Waals surface area contributed by atoms with Gasteiger partial charge in [-0.15, -0.1) is 0 Å². The molecule has 24 heavy (non-hydrogen) atoms. The number of rotatable bonds is 5. The number of nitrogens with one attached hydrogen (secondary N) is 1. The minimum Gasteiger partial charge on any atom is -0.497 e. The van der Waals surface area contributed by atoms with E-state index in [1.807, 2.05) is 37.3 Å². The van der Waals surface area contributed by atoms with E-state index in [2.05, 4.69) is 26.2 Å². The van der Waals surface area contributed by atoms with E-state index in [1.165, 1.54) is 6.08 Å². The molecule has 2 rings (SSSR count). The zero-order valence-electron chi connectivity index (χ0n) is 13.3. The van der Waals surface area contributed by atoms with E-state index in [1.54, 1.807) is 25.3 Å². The number of hydrogen-bond acceptors (Lipinski definition) is 4. The van der Waals surface area contributed by atoms with Crippen LogP contribution in [0.2, 0.25) is 0 Å². The van der Waals surface area contributed by atoms with Gasteiger partial charge in [0.15, 0.2) is 0 Å². The summed E-state index contributed by atoms with van der Waals surface area (Å²) in [6, 6.07) is 14.4. The normalized spacial score (nSPS) is 12.2. The summed E-state index contributed by atoms with van der Waals surface area (Å²) in [7, 11) is 1.60. The van der Waals surface area contributed by atoms with Crippen LogP contribution in [0, 0.1) is 11.3 Å². The van der Waals surface area contributed by atoms with E-state index in [0.717, 1.165) is 11.3 Å². The fraction of sp³-hybridized carbons (Fsp3) is 0.167. The molecule has 6 heteroatoms. The van der Waals surface area contributed by atoms with Gasteiger partial charge in [0.1, 0.15) is 22.0 Å². The Balaban J connectivity index is 2.12. The van der Waals surface area contributed by atoms with E-state index in [4.69, 9.17) is 4.74 Å². The fourth-order valence-corrected chi connectivity index (χ4v) is 2.41. The summed E-state index contributed by atoms with van der Waals surface area (Å²) >= 11 is 3.26. The molecule has 0 fully saturated rings. The highest BCUT2D eigenvalue weighted by Crippen LogP contribution is 2.18. The molecule has 5 nitrogen and oxygen atoms in total. The number of hydrogen-bond donors (Lipinski definition) is 1. The Kier molecular flexibility index (Phi) is 6.10. The van der Waals surface area contributed by atoms with E-state index in [0.29, 0.717) is 10.3 Å². The summed E-state index contributed by atoms with van der Waals surface area (Å²) in [5.41, 5.74) is 1.45. The Labute approximate surface area is 149 Å². The van der Waals surface area contributed by atoms with Crippen LogP contribution in [0.1, 0.15) is 24.2 Å². The van der Waals surface area contributed by atoms with Crippen LogP contribution < -0.4 is 10.1 Å². The summed E-state index contributed by atoms with van der Waals surface area (Å²) in [5, 5.41) is 12.1. The van der Waals surface area contributed by atoms with Crippen LogP contribution in [0.15, 0.2) is 52.6 Å². The molecule has 0 spiro atoms. The predicted molar refractivity (Wildman–Crippen MR) is 95.1 cm³/mol. The molecular formula is C18H16BrN3O2. The molecule has 0 aliphatic rings. The van der Waals surface area contributed by atoms with Gasteiger partial charge in [0.05, 0.1) is 18.8 Å². The number of ether oxygens (including phenoxy) is 1. The van der Waals surface area contributed by atoms with Crippen molar-refractivity contribution >= 4 is 27.9 Å². The Morgan fingerprint density at radius 3 is 2.62 bits per heavy atom. The summed E-state index contributed by atoms with van der Waals surface area (Å²) < 4.78 is 5.75. The van der Waals surface area contributed by atoms with Crippen molar-refractivity contribution in [1.29, 1.82) is 5.26 Å². The Bertz CT molecular complexity index is 795. The van der Waals surface area contributed by atoms with Crippen LogP contribution in [0.3, 0.4) is 0 Å². The number of nitrogens with zero attached hydrogens (tertiary/aromatic N) is 2. The fourth-order valence-electron chi connectivity index (χ4n) is 2.05. The van der Waals surface area contributed by atoms with Gasteiger partial charge >= 0.3 is 0 Å². The number of carbonyl (C=O) groups excluding carboxylic acids is 1. The molecule has 0 radical (unpaired) electrons. The maximum absolute atomic E-state index is 12.3. The van der Waals surface area contributed by atoms with Gasteiger partial charge in [-0.2, -0.15) is 5.26 Å². The average molecular weight is 386 g/mol. The van der Waals surface area contributed by atoms with Gasteiger partial charge in [0.2, 0.25) is 0 Å². The number of aromatic nitrogens is 1. The maximum atomic E-state index is 12.3. The smallest absolute Gasteiger partial charge is 0.262 e. The van der Waals surface area contributed by atoms with Crippen LogP contribution in [-0.4, -0.2) is 18.0 Å². The highest BCUT2D eigenvalue weighted by Gasteiger charge is 2.14. The highest BCUT2D eigenvalue weighted by molar-refractivity contribution is 9.10. The second-order valence-corrected chi connectivity index (χ2v) is 5.84. The van der Waals surface area contributed by atoms with Crippen LogP contribution in [0.4, 0.5) is 0 Å². The third-order valence-electron chi connectivity index (χ3n) is 3.36. The number of amides is 1. The standard InChI is InChI=1S/C18H16BrN3O2/c1-12(13-6-8-16(24-2)9-7-13)21-18(23)14(11-20)10-15-4-3-5-17(19)22-15/h3-10,12H,1-2H3,(H,21,23)/b14-10+.